The predicted octanol–water partition coefficient (Wildman–Crippen LogP) is 2.02. The molecule has 7 heteroatoms. The summed E-state index contributed by atoms with van der Waals surface area (Å²) in [5.41, 5.74) is 1.63. The van der Waals surface area contributed by atoms with E-state index in [0.717, 1.165) is 11.4 Å². The van der Waals surface area contributed by atoms with Crippen molar-refractivity contribution in [1.82, 2.24) is 13.6 Å². The van der Waals surface area contributed by atoms with E-state index in [-0.39, 0.29) is 6.54 Å². The van der Waals surface area contributed by atoms with Gasteiger partial charge in [0, 0.05) is 31.7 Å². The van der Waals surface area contributed by atoms with Crippen LogP contribution in [0.1, 0.15) is 24.7 Å². The zero-order valence-corrected chi connectivity index (χ0v) is 13.8. The van der Waals surface area contributed by atoms with Gasteiger partial charge in [0.05, 0.1) is 12.2 Å². The molecule has 0 aliphatic heterocycles. The smallest absolute Gasteiger partial charge is 0.257 e. The highest BCUT2D eigenvalue weighted by atomic mass is 35.5. The summed E-state index contributed by atoms with van der Waals surface area (Å²) in [5.74, 6) is 0.450. The molecule has 0 aromatic carbocycles. The fraction of sp³-hybridized carbons (Fsp3) is 0.615. The summed E-state index contributed by atoms with van der Waals surface area (Å²) in [6.45, 7) is 4.82. The molecule has 1 aromatic heterocycles. The Kier molecular flexibility index (Phi) is 6.88. The van der Waals surface area contributed by atoms with Crippen LogP contribution in [-0.4, -0.2) is 48.0 Å². The van der Waals surface area contributed by atoms with Crippen molar-refractivity contribution in [3.8, 4) is 0 Å². The first-order valence-corrected chi connectivity index (χ1v) is 8.55. The Morgan fingerprint density at radius 2 is 2.05 bits per heavy atom. The van der Waals surface area contributed by atoms with Crippen molar-refractivity contribution in [3.63, 3.8) is 0 Å². The highest BCUT2D eigenvalue weighted by Crippen LogP contribution is 2.12. The van der Waals surface area contributed by atoms with Gasteiger partial charge in [0.15, 0.2) is 0 Å². The number of aryl methyl sites for hydroxylation is 1. The van der Waals surface area contributed by atoms with Gasteiger partial charge in [-0.3, -0.25) is 4.98 Å². The number of hydrogen-bond acceptors (Lipinski definition) is 3. The monoisotopic (exact) mass is 319 g/mol. The van der Waals surface area contributed by atoms with Gasteiger partial charge in [-0.2, -0.15) is 17.0 Å². The molecule has 5 nitrogen and oxygen atoms in total. The fourth-order valence-electron chi connectivity index (χ4n) is 1.82. The summed E-state index contributed by atoms with van der Waals surface area (Å²) in [4.78, 5) is 4.35. The molecule has 0 aliphatic carbocycles. The van der Waals surface area contributed by atoms with Crippen LogP contribution in [0.2, 0.25) is 0 Å². The SMILES string of the molecule is CCN(Cc1cccc(C)n1)S(=O)(=O)N(C)CCCCl. The van der Waals surface area contributed by atoms with Crippen molar-refractivity contribution in [1.29, 1.82) is 0 Å². The van der Waals surface area contributed by atoms with E-state index in [0.29, 0.717) is 25.4 Å². The standard InChI is InChI=1S/C13H22ClN3O2S/c1-4-17(11-13-8-5-7-12(2)15-13)20(18,19)16(3)10-6-9-14/h5,7-8H,4,6,9-11H2,1-3H3. The number of pyridine rings is 1. The van der Waals surface area contributed by atoms with Gasteiger partial charge in [-0.25, -0.2) is 0 Å². The first-order valence-electron chi connectivity index (χ1n) is 6.61. The van der Waals surface area contributed by atoms with Crippen LogP contribution in [0.3, 0.4) is 0 Å². The zero-order valence-electron chi connectivity index (χ0n) is 12.2. The third kappa shape index (κ3) is 4.70. The van der Waals surface area contributed by atoms with E-state index in [9.17, 15) is 8.42 Å². The lowest BCUT2D eigenvalue weighted by atomic mass is 10.3. The first kappa shape index (κ1) is 17.4. The van der Waals surface area contributed by atoms with E-state index in [4.69, 9.17) is 11.6 Å². The number of nitrogens with zero attached hydrogens (tertiary/aromatic N) is 3. The van der Waals surface area contributed by atoms with Gasteiger partial charge in [-0.05, 0) is 25.5 Å². The summed E-state index contributed by atoms with van der Waals surface area (Å²) < 4.78 is 27.6. The molecular formula is C13H22ClN3O2S. The number of aromatic nitrogens is 1. The van der Waals surface area contributed by atoms with Crippen LogP contribution in [0.5, 0.6) is 0 Å². The van der Waals surface area contributed by atoms with Gasteiger partial charge in [0.2, 0.25) is 0 Å². The Labute approximate surface area is 126 Å². The number of halogens is 1. The Balaban J connectivity index is 2.84. The molecule has 1 aromatic rings. The van der Waals surface area contributed by atoms with Crippen LogP contribution in [0, 0.1) is 6.92 Å². The molecule has 0 atom stereocenters. The summed E-state index contributed by atoms with van der Waals surface area (Å²) in [6.07, 6.45) is 0.636. The third-order valence-corrected chi connectivity index (χ3v) is 5.24. The molecule has 0 amide bonds. The highest BCUT2D eigenvalue weighted by molar-refractivity contribution is 7.86. The lowest BCUT2D eigenvalue weighted by Crippen LogP contribution is -2.42. The Morgan fingerprint density at radius 3 is 2.60 bits per heavy atom. The van der Waals surface area contributed by atoms with Crippen molar-refractivity contribution in [2.24, 2.45) is 0 Å². The molecule has 0 fully saturated rings. The molecule has 114 valence electrons. The Bertz CT molecular complexity index is 522. The van der Waals surface area contributed by atoms with E-state index < -0.39 is 10.2 Å². The van der Waals surface area contributed by atoms with Gasteiger partial charge in [-0.15, -0.1) is 11.6 Å². The Hall–Kier alpha value is -0.690. The van der Waals surface area contributed by atoms with E-state index in [1.807, 2.05) is 32.0 Å². The minimum atomic E-state index is -3.47. The third-order valence-electron chi connectivity index (χ3n) is 2.96. The van der Waals surface area contributed by atoms with E-state index in [1.54, 1.807) is 7.05 Å². The second-order valence-corrected chi connectivity index (χ2v) is 6.98. The minimum absolute atomic E-state index is 0.283. The first-order chi connectivity index (χ1) is 9.41. The number of rotatable bonds is 8. The van der Waals surface area contributed by atoms with Crippen LogP contribution in [0.4, 0.5) is 0 Å². The topological polar surface area (TPSA) is 53.5 Å². The molecule has 0 saturated heterocycles. The summed E-state index contributed by atoms with van der Waals surface area (Å²) in [6, 6.07) is 5.61. The summed E-state index contributed by atoms with van der Waals surface area (Å²) in [7, 11) is -1.89. The minimum Gasteiger partial charge on any atom is -0.257 e. The van der Waals surface area contributed by atoms with E-state index in [2.05, 4.69) is 4.98 Å². The Morgan fingerprint density at radius 1 is 1.35 bits per heavy atom. The molecule has 1 heterocycles. The summed E-state index contributed by atoms with van der Waals surface area (Å²) >= 11 is 5.61. The fourth-order valence-corrected chi connectivity index (χ4v) is 3.31. The molecule has 0 unspecified atom stereocenters. The molecule has 1 rings (SSSR count). The van der Waals surface area contributed by atoms with Crippen molar-refractivity contribution < 1.29 is 8.42 Å². The van der Waals surface area contributed by atoms with Crippen molar-refractivity contribution in [2.75, 3.05) is 26.0 Å². The number of alkyl halides is 1. The lowest BCUT2D eigenvalue weighted by Gasteiger charge is -2.26. The van der Waals surface area contributed by atoms with E-state index in [1.165, 1.54) is 8.61 Å². The maximum atomic E-state index is 12.4. The van der Waals surface area contributed by atoms with Gasteiger partial charge < -0.3 is 0 Å². The average molecular weight is 320 g/mol. The quantitative estimate of drug-likeness (QED) is 0.689. The van der Waals surface area contributed by atoms with Gasteiger partial charge in [0.25, 0.3) is 10.2 Å². The van der Waals surface area contributed by atoms with E-state index >= 15 is 0 Å². The molecule has 0 N–H and O–H groups in total. The molecule has 0 saturated carbocycles. The average Bonchev–Trinajstić information content (AvgIpc) is 2.41. The summed E-state index contributed by atoms with van der Waals surface area (Å²) in [5, 5.41) is 0. The van der Waals surface area contributed by atoms with Crippen molar-refractivity contribution >= 4 is 21.8 Å². The second kappa shape index (κ2) is 7.93. The molecule has 0 bridgehead atoms. The second-order valence-electron chi connectivity index (χ2n) is 4.57. The molecular weight excluding hydrogens is 298 g/mol. The van der Waals surface area contributed by atoms with Crippen LogP contribution in [0.25, 0.3) is 0 Å². The van der Waals surface area contributed by atoms with Crippen LogP contribution in [0.15, 0.2) is 18.2 Å². The molecule has 0 radical (unpaired) electrons. The molecule has 20 heavy (non-hydrogen) atoms. The largest absolute Gasteiger partial charge is 0.282 e. The van der Waals surface area contributed by atoms with Gasteiger partial charge in [-0.1, -0.05) is 13.0 Å². The molecule has 0 spiro atoms. The van der Waals surface area contributed by atoms with Crippen molar-refractivity contribution in [3.05, 3.63) is 29.6 Å². The normalized spacial score (nSPS) is 12.3. The van der Waals surface area contributed by atoms with Crippen molar-refractivity contribution in [2.45, 2.75) is 26.8 Å². The predicted molar refractivity (Wildman–Crippen MR) is 81.9 cm³/mol. The van der Waals surface area contributed by atoms with Gasteiger partial charge >= 0.3 is 0 Å². The van der Waals surface area contributed by atoms with Gasteiger partial charge in [0.1, 0.15) is 0 Å². The maximum absolute atomic E-state index is 12.4. The maximum Gasteiger partial charge on any atom is 0.282 e. The van der Waals surface area contributed by atoms with Crippen LogP contribution in [-0.2, 0) is 16.8 Å². The van der Waals surface area contributed by atoms with Crippen LogP contribution >= 0.6 is 11.6 Å². The highest BCUT2D eigenvalue weighted by Gasteiger charge is 2.25. The zero-order chi connectivity index (χ0) is 15.2. The van der Waals surface area contributed by atoms with Crippen LogP contribution < -0.4 is 0 Å². The number of hydrogen-bond donors (Lipinski definition) is 0. The lowest BCUT2D eigenvalue weighted by molar-refractivity contribution is 0.361. The molecule has 0 aliphatic rings.